The average molecular weight is 431 g/mol. The predicted octanol–water partition coefficient (Wildman–Crippen LogP) is 2.81. The molecule has 9 heteroatoms. The standard InChI is InChI=1S/C21H26N4O4S/c1-3-28-21(27)17(8-9-30-2)24-19(26)18-12-29-20(25-18)15(22)10-13-11-23-16-7-5-4-6-14(13)16/h4-7,11-12,15,17,23H,3,8-10,22H2,1-2H3,(H,24,26). The van der Waals surface area contributed by atoms with E-state index >= 15 is 0 Å². The van der Waals surface area contributed by atoms with Crippen LogP contribution in [0, 0.1) is 0 Å². The van der Waals surface area contributed by atoms with Gasteiger partial charge in [0.25, 0.3) is 5.91 Å². The van der Waals surface area contributed by atoms with Crippen molar-refractivity contribution in [3.63, 3.8) is 0 Å². The number of nitrogens with zero attached hydrogens (tertiary/aromatic N) is 1. The van der Waals surface area contributed by atoms with Gasteiger partial charge in [0.2, 0.25) is 5.89 Å². The summed E-state index contributed by atoms with van der Waals surface area (Å²) in [7, 11) is 0. The first kappa shape index (κ1) is 21.9. The van der Waals surface area contributed by atoms with Crippen molar-refractivity contribution in [1.29, 1.82) is 0 Å². The van der Waals surface area contributed by atoms with Gasteiger partial charge in [0.05, 0.1) is 12.6 Å². The van der Waals surface area contributed by atoms with Crippen molar-refractivity contribution in [1.82, 2.24) is 15.3 Å². The molecule has 2 atom stereocenters. The molecule has 0 saturated carbocycles. The van der Waals surface area contributed by atoms with Gasteiger partial charge < -0.3 is 25.2 Å². The van der Waals surface area contributed by atoms with E-state index in [1.165, 1.54) is 6.26 Å². The Morgan fingerprint density at radius 3 is 2.93 bits per heavy atom. The van der Waals surface area contributed by atoms with Crippen molar-refractivity contribution in [3.8, 4) is 0 Å². The van der Waals surface area contributed by atoms with Crippen LogP contribution in [0.5, 0.6) is 0 Å². The molecule has 1 amide bonds. The number of carbonyl (C=O) groups excluding carboxylic acids is 2. The molecule has 8 nitrogen and oxygen atoms in total. The lowest BCUT2D eigenvalue weighted by Gasteiger charge is -2.16. The number of aromatic nitrogens is 2. The third-order valence-corrected chi connectivity index (χ3v) is 5.32. The van der Waals surface area contributed by atoms with Crippen LogP contribution in [0.3, 0.4) is 0 Å². The van der Waals surface area contributed by atoms with Crippen molar-refractivity contribution in [2.75, 3.05) is 18.6 Å². The van der Waals surface area contributed by atoms with Gasteiger partial charge in [-0.15, -0.1) is 0 Å². The second kappa shape index (κ2) is 10.3. The van der Waals surface area contributed by atoms with Crippen LogP contribution in [0.1, 0.15) is 41.3 Å². The SMILES string of the molecule is CCOC(=O)C(CCSC)NC(=O)c1coc(C(N)Cc2c[nH]c3ccccc23)n1. The number of hydrogen-bond donors (Lipinski definition) is 3. The maximum Gasteiger partial charge on any atom is 0.328 e. The number of amides is 1. The lowest BCUT2D eigenvalue weighted by molar-refractivity contribution is -0.145. The third kappa shape index (κ3) is 5.22. The third-order valence-electron chi connectivity index (χ3n) is 4.67. The molecule has 30 heavy (non-hydrogen) atoms. The molecule has 0 aliphatic carbocycles. The second-order valence-electron chi connectivity index (χ2n) is 6.80. The van der Waals surface area contributed by atoms with Crippen molar-refractivity contribution in [2.24, 2.45) is 5.73 Å². The minimum atomic E-state index is -0.732. The number of nitrogens with one attached hydrogen (secondary N) is 2. The van der Waals surface area contributed by atoms with Crippen LogP contribution in [0.15, 0.2) is 41.1 Å². The number of aromatic amines is 1. The highest BCUT2D eigenvalue weighted by Crippen LogP contribution is 2.23. The van der Waals surface area contributed by atoms with E-state index in [1.54, 1.807) is 18.7 Å². The van der Waals surface area contributed by atoms with E-state index in [9.17, 15) is 9.59 Å². The number of carbonyl (C=O) groups is 2. The molecule has 4 N–H and O–H groups in total. The van der Waals surface area contributed by atoms with Gasteiger partial charge in [0, 0.05) is 17.1 Å². The summed E-state index contributed by atoms with van der Waals surface area (Å²) in [6, 6.07) is 6.70. The smallest absolute Gasteiger partial charge is 0.328 e. The first-order chi connectivity index (χ1) is 14.5. The summed E-state index contributed by atoms with van der Waals surface area (Å²) in [5.74, 6) is 0.0221. The fraction of sp³-hybridized carbons (Fsp3) is 0.381. The molecule has 3 aromatic rings. The van der Waals surface area contributed by atoms with Crippen LogP contribution < -0.4 is 11.1 Å². The first-order valence-corrected chi connectivity index (χ1v) is 11.1. The summed E-state index contributed by atoms with van der Waals surface area (Å²) in [5.41, 5.74) is 8.42. The highest BCUT2D eigenvalue weighted by Gasteiger charge is 2.25. The summed E-state index contributed by atoms with van der Waals surface area (Å²) in [5, 5.41) is 3.77. The monoisotopic (exact) mass is 430 g/mol. The number of rotatable bonds is 10. The number of esters is 1. The molecule has 0 bridgehead atoms. The van der Waals surface area contributed by atoms with E-state index in [2.05, 4.69) is 15.3 Å². The van der Waals surface area contributed by atoms with Crippen LogP contribution in [0.25, 0.3) is 10.9 Å². The van der Waals surface area contributed by atoms with Gasteiger partial charge in [-0.1, -0.05) is 18.2 Å². The maximum absolute atomic E-state index is 12.6. The largest absolute Gasteiger partial charge is 0.464 e. The summed E-state index contributed by atoms with van der Waals surface area (Å²) >= 11 is 1.59. The summed E-state index contributed by atoms with van der Waals surface area (Å²) in [6.45, 7) is 1.98. The number of benzene rings is 1. The van der Waals surface area contributed by atoms with E-state index < -0.39 is 24.0 Å². The first-order valence-electron chi connectivity index (χ1n) is 9.75. The summed E-state index contributed by atoms with van der Waals surface area (Å²) < 4.78 is 10.5. The molecule has 3 rings (SSSR count). The number of thioether (sulfide) groups is 1. The maximum atomic E-state index is 12.6. The van der Waals surface area contributed by atoms with E-state index in [4.69, 9.17) is 14.9 Å². The quantitative estimate of drug-likeness (QED) is 0.423. The molecule has 2 heterocycles. The topological polar surface area (TPSA) is 123 Å². The second-order valence-corrected chi connectivity index (χ2v) is 7.79. The number of hydrogen-bond acceptors (Lipinski definition) is 7. The number of fused-ring (bicyclic) bond motifs is 1. The fourth-order valence-electron chi connectivity index (χ4n) is 3.15. The van der Waals surface area contributed by atoms with Crippen molar-refractivity contribution >= 4 is 34.5 Å². The van der Waals surface area contributed by atoms with Crippen LogP contribution in [-0.2, 0) is 16.0 Å². The lowest BCUT2D eigenvalue weighted by atomic mass is 10.1. The van der Waals surface area contributed by atoms with Gasteiger partial charge in [-0.25, -0.2) is 9.78 Å². The fourth-order valence-corrected chi connectivity index (χ4v) is 3.62. The Labute approximate surface area is 178 Å². The lowest BCUT2D eigenvalue weighted by Crippen LogP contribution is -2.42. The highest BCUT2D eigenvalue weighted by atomic mass is 32.2. The molecule has 0 spiro atoms. The van der Waals surface area contributed by atoms with Crippen LogP contribution in [0.4, 0.5) is 0 Å². The molecule has 0 radical (unpaired) electrons. The Hall–Kier alpha value is -2.78. The minimum Gasteiger partial charge on any atom is -0.464 e. The number of oxazole rings is 1. The summed E-state index contributed by atoms with van der Waals surface area (Å²) in [4.78, 5) is 32.1. The predicted molar refractivity (Wildman–Crippen MR) is 116 cm³/mol. The van der Waals surface area contributed by atoms with Gasteiger partial charge >= 0.3 is 5.97 Å². The number of nitrogens with two attached hydrogens (primary N) is 1. The van der Waals surface area contributed by atoms with E-state index in [0.717, 1.165) is 16.5 Å². The van der Waals surface area contributed by atoms with Gasteiger partial charge in [-0.05, 0) is 43.4 Å². The molecule has 0 aliphatic rings. The van der Waals surface area contributed by atoms with Gasteiger partial charge in [0.1, 0.15) is 12.3 Å². The molecule has 0 aliphatic heterocycles. The zero-order chi connectivity index (χ0) is 21.5. The number of para-hydroxylation sites is 1. The Morgan fingerprint density at radius 1 is 1.37 bits per heavy atom. The molecular formula is C21H26N4O4S. The van der Waals surface area contributed by atoms with Crippen molar-refractivity contribution < 1.29 is 18.7 Å². The Morgan fingerprint density at radius 2 is 2.17 bits per heavy atom. The average Bonchev–Trinajstić information content (AvgIpc) is 3.39. The zero-order valence-electron chi connectivity index (χ0n) is 17.0. The molecule has 0 fully saturated rings. The molecule has 0 saturated heterocycles. The van der Waals surface area contributed by atoms with E-state index in [-0.39, 0.29) is 18.2 Å². The molecule has 160 valence electrons. The van der Waals surface area contributed by atoms with E-state index in [0.29, 0.717) is 18.6 Å². The van der Waals surface area contributed by atoms with Gasteiger partial charge in [-0.3, -0.25) is 4.79 Å². The minimum absolute atomic E-state index is 0.0813. The molecule has 2 unspecified atom stereocenters. The molecule has 2 aromatic heterocycles. The van der Waals surface area contributed by atoms with Crippen molar-refractivity contribution in [3.05, 3.63) is 53.9 Å². The zero-order valence-corrected chi connectivity index (χ0v) is 17.8. The molecular weight excluding hydrogens is 404 g/mol. The Kier molecular flexibility index (Phi) is 7.53. The number of H-pyrrole nitrogens is 1. The normalized spacial score (nSPS) is 13.2. The summed E-state index contributed by atoms with van der Waals surface area (Å²) in [6.07, 6.45) is 6.08. The Bertz CT molecular complexity index is 1000. The van der Waals surface area contributed by atoms with Crippen LogP contribution in [-0.4, -0.2) is 46.5 Å². The number of ether oxygens (including phenoxy) is 1. The van der Waals surface area contributed by atoms with Crippen LogP contribution in [0.2, 0.25) is 0 Å². The highest BCUT2D eigenvalue weighted by molar-refractivity contribution is 7.98. The van der Waals surface area contributed by atoms with Crippen LogP contribution >= 0.6 is 11.8 Å². The Balaban J connectivity index is 1.66. The van der Waals surface area contributed by atoms with Crippen molar-refractivity contribution in [2.45, 2.75) is 31.8 Å². The van der Waals surface area contributed by atoms with E-state index in [1.807, 2.05) is 36.7 Å². The molecule has 1 aromatic carbocycles. The van der Waals surface area contributed by atoms with Gasteiger partial charge in [0.15, 0.2) is 5.69 Å². The van der Waals surface area contributed by atoms with Gasteiger partial charge in [-0.2, -0.15) is 11.8 Å².